The second-order valence-electron chi connectivity index (χ2n) is 6.12. The highest BCUT2D eigenvalue weighted by Crippen LogP contribution is 2.41. The fraction of sp³-hybridized carbons (Fsp3) is 0.667. The molecule has 0 aromatic carbocycles. The van der Waals surface area contributed by atoms with E-state index in [2.05, 4.69) is 15.7 Å². The molecule has 3 rings (SSSR count). The quantitative estimate of drug-likeness (QED) is 0.863. The van der Waals surface area contributed by atoms with Gasteiger partial charge in [0.15, 0.2) is 0 Å². The first-order chi connectivity index (χ1) is 10.6. The molecule has 0 bridgehead atoms. The van der Waals surface area contributed by atoms with Crippen molar-refractivity contribution in [2.45, 2.75) is 44.7 Å². The number of carbonyl (C=O) groups excluding carboxylic acids is 2. The molecule has 1 aromatic heterocycles. The van der Waals surface area contributed by atoms with Gasteiger partial charge < -0.3 is 15.5 Å². The minimum absolute atomic E-state index is 0.0909. The fourth-order valence-electron chi connectivity index (χ4n) is 2.91. The molecule has 2 fully saturated rings. The van der Waals surface area contributed by atoms with Crippen molar-refractivity contribution in [2.24, 2.45) is 7.05 Å². The maximum atomic E-state index is 12.4. The van der Waals surface area contributed by atoms with Gasteiger partial charge in [-0.15, -0.1) is 0 Å². The van der Waals surface area contributed by atoms with Crippen molar-refractivity contribution < 1.29 is 9.59 Å². The van der Waals surface area contributed by atoms with Crippen molar-refractivity contribution in [2.75, 3.05) is 13.1 Å². The average molecular weight is 305 g/mol. The molecule has 1 aliphatic carbocycles. The molecule has 120 valence electrons. The third-order valence-corrected chi connectivity index (χ3v) is 4.50. The third-order valence-electron chi connectivity index (χ3n) is 4.50. The van der Waals surface area contributed by atoms with Gasteiger partial charge >= 0.3 is 6.03 Å². The lowest BCUT2D eigenvalue weighted by Crippen LogP contribution is -2.49. The Morgan fingerprint density at radius 1 is 1.50 bits per heavy atom. The smallest absolute Gasteiger partial charge is 0.318 e. The fourth-order valence-corrected chi connectivity index (χ4v) is 2.91. The average Bonchev–Trinajstić information content (AvgIpc) is 3.29. The Hall–Kier alpha value is -2.05. The van der Waals surface area contributed by atoms with Gasteiger partial charge in [0, 0.05) is 20.1 Å². The molecular weight excluding hydrogens is 282 g/mol. The van der Waals surface area contributed by atoms with Crippen molar-refractivity contribution in [1.29, 1.82) is 0 Å². The van der Waals surface area contributed by atoms with Crippen LogP contribution in [-0.4, -0.2) is 45.8 Å². The minimum atomic E-state index is -0.433. The van der Waals surface area contributed by atoms with Gasteiger partial charge in [0.05, 0.1) is 18.4 Å². The van der Waals surface area contributed by atoms with E-state index in [1.807, 2.05) is 17.9 Å². The third kappa shape index (κ3) is 2.93. The molecule has 2 aliphatic rings. The number of hydrogen-bond donors (Lipinski definition) is 2. The maximum Gasteiger partial charge on any atom is 0.318 e. The first-order valence-corrected chi connectivity index (χ1v) is 7.91. The topological polar surface area (TPSA) is 79.3 Å². The van der Waals surface area contributed by atoms with Crippen molar-refractivity contribution in [3.8, 4) is 0 Å². The van der Waals surface area contributed by atoms with E-state index in [4.69, 9.17) is 0 Å². The largest absolute Gasteiger partial charge is 0.354 e. The van der Waals surface area contributed by atoms with Crippen LogP contribution in [0.25, 0.3) is 0 Å². The summed E-state index contributed by atoms with van der Waals surface area (Å²) in [6.07, 6.45) is 5.09. The van der Waals surface area contributed by atoms with Crippen molar-refractivity contribution in [3.05, 3.63) is 17.5 Å². The van der Waals surface area contributed by atoms with Crippen LogP contribution < -0.4 is 10.6 Å². The lowest BCUT2D eigenvalue weighted by atomic mass is 10.1. The van der Waals surface area contributed by atoms with Crippen LogP contribution in [0.3, 0.4) is 0 Å². The molecule has 22 heavy (non-hydrogen) atoms. The summed E-state index contributed by atoms with van der Waals surface area (Å²) < 4.78 is 1.83. The predicted octanol–water partition coefficient (Wildman–Crippen LogP) is 0.717. The molecule has 1 aliphatic heterocycles. The summed E-state index contributed by atoms with van der Waals surface area (Å²) in [5.74, 6) is 0.510. The van der Waals surface area contributed by atoms with Gasteiger partial charge in [-0.1, -0.05) is 0 Å². The summed E-state index contributed by atoms with van der Waals surface area (Å²) in [5, 5.41) is 10.1. The Labute approximate surface area is 130 Å². The second-order valence-corrected chi connectivity index (χ2v) is 6.12. The number of carbonyl (C=O) groups is 2. The molecule has 1 aromatic rings. The molecule has 1 saturated carbocycles. The number of nitrogens with one attached hydrogen (secondary N) is 2. The van der Waals surface area contributed by atoms with Gasteiger partial charge in [-0.2, -0.15) is 5.10 Å². The molecule has 7 heteroatoms. The van der Waals surface area contributed by atoms with Crippen LogP contribution >= 0.6 is 0 Å². The van der Waals surface area contributed by atoms with Gasteiger partial charge in [-0.05, 0) is 37.7 Å². The van der Waals surface area contributed by atoms with Crippen LogP contribution in [0.5, 0.6) is 0 Å². The van der Waals surface area contributed by atoms with Crippen molar-refractivity contribution in [3.63, 3.8) is 0 Å². The lowest BCUT2D eigenvalue weighted by molar-refractivity contribution is -0.124. The number of aromatic nitrogens is 2. The normalized spacial score (nSPS) is 22.2. The summed E-state index contributed by atoms with van der Waals surface area (Å²) >= 11 is 0. The van der Waals surface area contributed by atoms with Crippen LogP contribution in [0.1, 0.15) is 43.4 Å². The summed E-state index contributed by atoms with van der Waals surface area (Å²) in [5.41, 5.74) is 2.30. The highest BCUT2D eigenvalue weighted by atomic mass is 16.2. The number of nitrogens with zero attached hydrogens (tertiary/aromatic N) is 3. The number of rotatable bonds is 3. The van der Waals surface area contributed by atoms with Gasteiger partial charge in [0.25, 0.3) is 0 Å². The summed E-state index contributed by atoms with van der Waals surface area (Å²) in [4.78, 5) is 25.8. The summed E-state index contributed by atoms with van der Waals surface area (Å²) in [7, 11) is 1.90. The number of amides is 3. The van der Waals surface area contributed by atoms with Crippen LogP contribution in [0, 0.1) is 0 Å². The molecule has 0 spiro atoms. The molecule has 7 nitrogen and oxygen atoms in total. The van der Waals surface area contributed by atoms with Crippen LogP contribution in [0.4, 0.5) is 4.79 Å². The van der Waals surface area contributed by atoms with E-state index in [1.54, 1.807) is 11.8 Å². The van der Waals surface area contributed by atoms with Gasteiger partial charge in [0.2, 0.25) is 5.91 Å². The number of aryl methyl sites for hydroxylation is 1. The van der Waals surface area contributed by atoms with Crippen LogP contribution in [0.15, 0.2) is 6.20 Å². The summed E-state index contributed by atoms with van der Waals surface area (Å²) in [6.45, 7) is 3.43. The van der Waals surface area contributed by atoms with E-state index in [0.717, 1.165) is 12.1 Å². The number of urea groups is 1. The first kappa shape index (κ1) is 14.9. The number of hydrogen-bond acceptors (Lipinski definition) is 3. The molecule has 1 unspecified atom stereocenters. The van der Waals surface area contributed by atoms with Gasteiger partial charge in [0.1, 0.15) is 6.04 Å². The Morgan fingerprint density at radius 3 is 3.00 bits per heavy atom. The zero-order valence-corrected chi connectivity index (χ0v) is 13.1. The van der Waals surface area contributed by atoms with Crippen molar-refractivity contribution >= 4 is 11.9 Å². The van der Waals surface area contributed by atoms with E-state index >= 15 is 0 Å². The Kier molecular flexibility index (Phi) is 4.04. The molecule has 1 saturated heterocycles. The Morgan fingerprint density at radius 2 is 2.27 bits per heavy atom. The van der Waals surface area contributed by atoms with E-state index in [1.165, 1.54) is 18.4 Å². The molecule has 0 radical (unpaired) electrons. The van der Waals surface area contributed by atoms with E-state index in [0.29, 0.717) is 25.6 Å². The molecular formula is C15H23N5O2. The molecule has 3 amide bonds. The predicted molar refractivity (Wildman–Crippen MR) is 81.2 cm³/mol. The minimum Gasteiger partial charge on any atom is -0.354 e. The maximum absolute atomic E-state index is 12.4. The van der Waals surface area contributed by atoms with E-state index < -0.39 is 6.04 Å². The summed E-state index contributed by atoms with van der Waals surface area (Å²) in [6, 6.07) is -0.621. The Bertz CT molecular complexity index is 578. The first-order valence-electron chi connectivity index (χ1n) is 7.91. The molecule has 1 atom stereocenters. The zero-order valence-electron chi connectivity index (χ0n) is 13.1. The zero-order chi connectivity index (χ0) is 15.7. The van der Waals surface area contributed by atoms with Crippen molar-refractivity contribution in [1.82, 2.24) is 25.3 Å². The second kappa shape index (κ2) is 5.98. The SMILES string of the molecule is CC1C(=O)NCCCN1C(=O)NCc1c(C2CC2)cnn1C. The molecule has 2 N–H and O–H groups in total. The highest BCUT2D eigenvalue weighted by Gasteiger charge is 2.30. The highest BCUT2D eigenvalue weighted by molar-refractivity contribution is 5.87. The van der Waals surface area contributed by atoms with Gasteiger partial charge in [-0.25, -0.2) is 4.79 Å². The van der Waals surface area contributed by atoms with E-state index in [9.17, 15) is 9.59 Å². The lowest BCUT2D eigenvalue weighted by Gasteiger charge is -2.25. The molecule has 2 heterocycles. The van der Waals surface area contributed by atoms with Crippen LogP contribution in [-0.2, 0) is 18.4 Å². The van der Waals surface area contributed by atoms with Crippen LogP contribution in [0.2, 0.25) is 0 Å². The van der Waals surface area contributed by atoms with E-state index in [-0.39, 0.29) is 11.9 Å². The standard InChI is InChI=1S/C15H23N5O2/c1-10-14(21)16-6-3-7-20(10)15(22)17-9-13-12(11-4-5-11)8-18-19(13)2/h8,10-11H,3-7,9H2,1-2H3,(H,16,21)(H,17,22). The van der Waals surface area contributed by atoms with Gasteiger partial charge in [-0.3, -0.25) is 9.48 Å². The Balaban J connectivity index is 1.64. The monoisotopic (exact) mass is 305 g/mol.